The molecular weight excluding hydrogens is 530 g/mol. The number of ether oxygens (including phenoxy) is 3. The molecule has 3 heterocycles. The van der Waals surface area contributed by atoms with Gasteiger partial charge in [-0.05, 0) is 73.1 Å². The highest BCUT2D eigenvalue weighted by Gasteiger charge is 2.40. The summed E-state index contributed by atoms with van der Waals surface area (Å²) in [5, 5.41) is 13.1. The van der Waals surface area contributed by atoms with Gasteiger partial charge < -0.3 is 23.9 Å². The number of hydrogen-bond donors (Lipinski definition) is 1. The van der Waals surface area contributed by atoms with Gasteiger partial charge in [0.25, 0.3) is 5.91 Å². The Morgan fingerprint density at radius 1 is 1.00 bits per heavy atom. The summed E-state index contributed by atoms with van der Waals surface area (Å²) < 4.78 is 23.6. The van der Waals surface area contributed by atoms with Crippen LogP contribution in [0.15, 0.2) is 59.1 Å². The molecule has 1 amide bonds. The van der Waals surface area contributed by atoms with Crippen molar-refractivity contribution in [1.82, 2.24) is 10.3 Å². The van der Waals surface area contributed by atoms with Crippen molar-refractivity contribution >= 4 is 17.0 Å². The molecule has 1 aliphatic heterocycles. The van der Waals surface area contributed by atoms with Gasteiger partial charge in [-0.2, -0.15) is 5.26 Å². The summed E-state index contributed by atoms with van der Waals surface area (Å²) in [6.07, 6.45) is 8.22. The molecular formula is C34H33N3O5. The molecule has 2 aromatic heterocycles. The van der Waals surface area contributed by atoms with E-state index in [1.54, 1.807) is 19.4 Å². The molecule has 2 bridgehead atoms. The number of nitrogens with zero attached hydrogens (tertiary/aromatic N) is 2. The number of nitrogens with one attached hydrogen (secondary N) is 1. The Hall–Kier alpha value is -4.35. The number of nitriles is 1. The van der Waals surface area contributed by atoms with E-state index >= 15 is 0 Å². The molecule has 0 spiro atoms. The zero-order valence-corrected chi connectivity index (χ0v) is 23.6. The second-order valence-corrected chi connectivity index (χ2v) is 11.6. The number of fused-ring (bicyclic) bond motifs is 3. The van der Waals surface area contributed by atoms with Crippen molar-refractivity contribution in [1.29, 1.82) is 5.26 Å². The molecule has 7 rings (SSSR count). The molecule has 0 radical (unpaired) electrons. The maximum absolute atomic E-state index is 13.1. The zero-order valence-electron chi connectivity index (χ0n) is 23.6. The van der Waals surface area contributed by atoms with Crippen LogP contribution < -0.4 is 14.8 Å². The van der Waals surface area contributed by atoms with Gasteiger partial charge in [0, 0.05) is 42.3 Å². The molecule has 2 aromatic carbocycles. The average Bonchev–Trinajstić information content (AvgIpc) is 3.77. The van der Waals surface area contributed by atoms with E-state index in [0.29, 0.717) is 58.6 Å². The fraction of sp³-hybridized carbons (Fsp3) is 0.382. The molecule has 1 saturated heterocycles. The number of methoxy groups -OCH3 is 1. The Balaban J connectivity index is 1.16. The Labute approximate surface area is 244 Å². The second-order valence-electron chi connectivity index (χ2n) is 11.6. The number of carbonyl (C=O) groups excluding carboxylic acids is 1. The first-order chi connectivity index (χ1) is 20.6. The summed E-state index contributed by atoms with van der Waals surface area (Å²) >= 11 is 0. The predicted octanol–water partition coefficient (Wildman–Crippen LogP) is 6.52. The molecule has 1 N–H and O–H groups in total. The quantitative estimate of drug-likeness (QED) is 0.273. The normalized spacial score (nSPS) is 21.8. The molecule has 4 aromatic rings. The first-order valence-corrected chi connectivity index (χ1v) is 14.8. The number of pyridine rings is 1. The third-order valence-electron chi connectivity index (χ3n) is 9.07. The summed E-state index contributed by atoms with van der Waals surface area (Å²) in [7, 11) is 1.59. The van der Waals surface area contributed by atoms with Gasteiger partial charge >= 0.3 is 0 Å². The SMILES string of the molecule is COc1cc(C(=O)NC2CC3CCC2C3)ccc1-c1cc2nccc(-c3ccc(OC4CCOCC4)c(C#N)c3)c2o1. The highest BCUT2D eigenvalue weighted by molar-refractivity contribution is 5.97. The minimum absolute atomic E-state index is 0.0437. The van der Waals surface area contributed by atoms with E-state index in [0.717, 1.165) is 41.9 Å². The van der Waals surface area contributed by atoms with Crippen LogP contribution in [-0.4, -0.2) is 43.4 Å². The van der Waals surface area contributed by atoms with Crippen molar-refractivity contribution < 1.29 is 23.4 Å². The van der Waals surface area contributed by atoms with Crippen LogP contribution in [0.5, 0.6) is 11.5 Å². The summed E-state index contributed by atoms with van der Waals surface area (Å²) in [6.45, 7) is 1.34. The fourth-order valence-corrected chi connectivity index (χ4v) is 6.87. The monoisotopic (exact) mass is 563 g/mol. The third-order valence-corrected chi connectivity index (χ3v) is 9.07. The lowest BCUT2D eigenvalue weighted by atomic mass is 9.95. The highest BCUT2D eigenvalue weighted by Crippen LogP contribution is 2.44. The van der Waals surface area contributed by atoms with Crippen molar-refractivity contribution in [3.8, 4) is 40.0 Å². The summed E-state index contributed by atoms with van der Waals surface area (Å²) in [6, 6.07) is 17.4. The molecule has 3 atom stereocenters. The molecule has 8 nitrogen and oxygen atoms in total. The summed E-state index contributed by atoms with van der Waals surface area (Å²) in [4.78, 5) is 17.6. The number of aromatic nitrogens is 1. The van der Waals surface area contributed by atoms with E-state index in [2.05, 4.69) is 16.4 Å². The van der Waals surface area contributed by atoms with Gasteiger partial charge in [-0.25, -0.2) is 0 Å². The van der Waals surface area contributed by atoms with E-state index in [9.17, 15) is 10.1 Å². The van der Waals surface area contributed by atoms with Gasteiger partial charge in [-0.3, -0.25) is 9.78 Å². The molecule has 3 unspecified atom stereocenters. The van der Waals surface area contributed by atoms with Crippen LogP contribution >= 0.6 is 0 Å². The molecule has 3 aliphatic rings. The zero-order chi connectivity index (χ0) is 28.6. The number of hydrogen-bond acceptors (Lipinski definition) is 7. The predicted molar refractivity (Wildman–Crippen MR) is 157 cm³/mol. The molecule has 214 valence electrons. The number of carbonyl (C=O) groups is 1. The van der Waals surface area contributed by atoms with Crippen LogP contribution in [0.25, 0.3) is 33.6 Å². The van der Waals surface area contributed by atoms with Crippen LogP contribution in [0, 0.1) is 23.2 Å². The van der Waals surface area contributed by atoms with Gasteiger partial charge in [-0.15, -0.1) is 0 Å². The van der Waals surface area contributed by atoms with Crippen LogP contribution in [0.4, 0.5) is 0 Å². The maximum Gasteiger partial charge on any atom is 0.251 e. The average molecular weight is 564 g/mol. The van der Waals surface area contributed by atoms with Crippen molar-refractivity contribution in [3.63, 3.8) is 0 Å². The maximum atomic E-state index is 13.1. The number of rotatable bonds is 7. The third kappa shape index (κ3) is 4.99. The van der Waals surface area contributed by atoms with E-state index < -0.39 is 0 Å². The van der Waals surface area contributed by atoms with Crippen LogP contribution in [0.2, 0.25) is 0 Å². The smallest absolute Gasteiger partial charge is 0.251 e. The molecule has 2 saturated carbocycles. The van der Waals surface area contributed by atoms with Crippen molar-refractivity contribution in [2.24, 2.45) is 11.8 Å². The molecule has 2 aliphatic carbocycles. The Morgan fingerprint density at radius 2 is 1.88 bits per heavy atom. The van der Waals surface area contributed by atoms with Crippen LogP contribution in [0.1, 0.15) is 54.4 Å². The lowest BCUT2D eigenvalue weighted by molar-refractivity contribution is 0.0254. The van der Waals surface area contributed by atoms with Gasteiger partial charge in [0.1, 0.15) is 34.9 Å². The van der Waals surface area contributed by atoms with Crippen LogP contribution in [0.3, 0.4) is 0 Å². The van der Waals surface area contributed by atoms with E-state index in [4.69, 9.17) is 18.6 Å². The lowest BCUT2D eigenvalue weighted by Gasteiger charge is -2.23. The Bertz CT molecular complexity index is 1680. The van der Waals surface area contributed by atoms with E-state index in [1.807, 2.05) is 42.5 Å². The van der Waals surface area contributed by atoms with Gasteiger partial charge in [0.2, 0.25) is 0 Å². The number of furan rings is 1. The fourth-order valence-electron chi connectivity index (χ4n) is 6.87. The van der Waals surface area contributed by atoms with Crippen molar-refractivity contribution in [2.45, 2.75) is 50.7 Å². The largest absolute Gasteiger partial charge is 0.496 e. The molecule has 8 heteroatoms. The van der Waals surface area contributed by atoms with Crippen molar-refractivity contribution in [2.75, 3.05) is 20.3 Å². The first-order valence-electron chi connectivity index (χ1n) is 14.8. The minimum atomic E-state index is -0.0662. The van der Waals surface area contributed by atoms with E-state index in [1.165, 1.54) is 19.3 Å². The van der Waals surface area contributed by atoms with Gasteiger partial charge in [0.15, 0.2) is 5.58 Å². The standard InChI is InChI=1S/C34H33N3O5/c1-39-31-17-23(34(38)37-28-15-20-2-3-22(28)14-20)4-6-27(31)32-18-29-33(42-32)26(8-11-36-29)21-5-7-30(24(16-21)19-35)41-25-9-12-40-13-10-25/h4-8,11,16-18,20,22,25,28H,2-3,9-10,12-15H2,1H3,(H,37,38). The topological polar surface area (TPSA) is 107 Å². The van der Waals surface area contributed by atoms with Gasteiger partial charge in [0.05, 0.1) is 31.5 Å². The number of benzene rings is 2. The second kappa shape index (κ2) is 11.1. The van der Waals surface area contributed by atoms with E-state index in [-0.39, 0.29) is 18.1 Å². The van der Waals surface area contributed by atoms with Crippen molar-refractivity contribution in [3.05, 3.63) is 65.9 Å². The number of amides is 1. The summed E-state index contributed by atoms with van der Waals surface area (Å²) in [5.74, 6) is 3.02. The lowest BCUT2D eigenvalue weighted by Crippen LogP contribution is -2.38. The Morgan fingerprint density at radius 3 is 2.64 bits per heavy atom. The molecule has 3 fully saturated rings. The summed E-state index contributed by atoms with van der Waals surface area (Å²) in [5.41, 5.74) is 4.71. The minimum Gasteiger partial charge on any atom is -0.496 e. The van der Waals surface area contributed by atoms with Crippen LogP contribution in [-0.2, 0) is 4.74 Å². The first kappa shape index (κ1) is 26.5. The Kier molecular flexibility index (Phi) is 7.04. The molecule has 42 heavy (non-hydrogen) atoms. The van der Waals surface area contributed by atoms with Gasteiger partial charge in [-0.1, -0.05) is 12.5 Å². The highest BCUT2D eigenvalue weighted by atomic mass is 16.5.